The number of ether oxygens (including phenoxy) is 1. The average Bonchev–Trinajstić information content (AvgIpc) is 2.15. The number of hydrogen-bond donors (Lipinski definition) is 0. The van der Waals surface area contributed by atoms with Crippen molar-refractivity contribution >= 4 is 9.84 Å². The van der Waals surface area contributed by atoms with Crippen molar-refractivity contribution in [2.75, 3.05) is 13.4 Å². The molecule has 0 aromatic heterocycles. The Bertz CT molecular complexity index is 447. The van der Waals surface area contributed by atoms with Crippen LogP contribution in [0.5, 0.6) is 5.75 Å². The first kappa shape index (κ1) is 12.0. The van der Waals surface area contributed by atoms with E-state index in [1.807, 2.05) is 13.8 Å². The maximum absolute atomic E-state index is 11.3. The zero-order valence-corrected chi connectivity index (χ0v) is 10.3. The quantitative estimate of drug-likeness (QED) is 0.796. The van der Waals surface area contributed by atoms with Gasteiger partial charge in [0.1, 0.15) is 5.75 Å². The smallest absolute Gasteiger partial charge is 0.175 e. The molecule has 15 heavy (non-hydrogen) atoms. The van der Waals surface area contributed by atoms with Gasteiger partial charge in [-0.3, -0.25) is 0 Å². The van der Waals surface area contributed by atoms with Gasteiger partial charge in [0.2, 0.25) is 0 Å². The van der Waals surface area contributed by atoms with Gasteiger partial charge < -0.3 is 4.74 Å². The summed E-state index contributed by atoms with van der Waals surface area (Å²) in [7, 11) is -1.61. The average molecular weight is 228 g/mol. The van der Waals surface area contributed by atoms with Gasteiger partial charge in [-0.25, -0.2) is 8.42 Å². The molecule has 0 saturated heterocycles. The molecule has 0 N–H and O–H groups in total. The Morgan fingerprint density at radius 3 is 2.27 bits per heavy atom. The minimum absolute atomic E-state index is 0.295. The third-order valence-corrected chi connectivity index (χ3v) is 3.37. The fraction of sp³-hybridized carbons (Fsp3) is 0.455. The van der Waals surface area contributed by atoms with Crippen LogP contribution in [-0.2, 0) is 9.84 Å². The van der Waals surface area contributed by atoms with Gasteiger partial charge in [-0.15, -0.1) is 0 Å². The normalized spacial score (nSPS) is 11.8. The predicted molar refractivity (Wildman–Crippen MR) is 60.2 cm³/mol. The van der Waals surface area contributed by atoms with Crippen LogP contribution in [0.3, 0.4) is 0 Å². The fourth-order valence-corrected chi connectivity index (χ4v) is 2.04. The molecule has 4 heteroatoms. The molecule has 84 valence electrons. The monoisotopic (exact) mass is 228 g/mol. The van der Waals surface area contributed by atoms with Crippen LogP contribution < -0.4 is 4.74 Å². The lowest BCUT2D eigenvalue weighted by molar-refractivity contribution is 0.406. The SMILES string of the molecule is COc1cc(S(C)(=O)=O)ccc1C(C)C. The van der Waals surface area contributed by atoms with Crippen LogP contribution >= 0.6 is 0 Å². The number of methoxy groups -OCH3 is 1. The van der Waals surface area contributed by atoms with E-state index in [1.54, 1.807) is 25.3 Å². The molecule has 0 bridgehead atoms. The molecule has 3 nitrogen and oxygen atoms in total. The molecule has 0 amide bonds. The molecule has 0 fully saturated rings. The molecule has 0 saturated carbocycles. The van der Waals surface area contributed by atoms with Crippen molar-refractivity contribution in [2.45, 2.75) is 24.7 Å². The van der Waals surface area contributed by atoms with Gasteiger partial charge in [0.05, 0.1) is 12.0 Å². The summed E-state index contributed by atoms with van der Waals surface area (Å²) >= 11 is 0. The van der Waals surface area contributed by atoms with Gasteiger partial charge in [0, 0.05) is 6.26 Å². The zero-order valence-electron chi connectivity index (χ0n) is 9.44. The molecule has 0 unspecified atom stereocenters. The van der Waals surface area contributed by atoms with Crippen LogP contribution in [-0.4, -0.2) is 21.8 Å². The summed E-state index contributed by atoms with van der Waals surface area (Å²) < 4.78 is 27.8. The molecule has 1 aromatic rings. The Balaban J connectivity index is 3.32. The Morgan fingerprint density at radius 2 is 1.87 bits per heavy atom. The third kappa shape index (κ3) is 2.72. The summed E-state index contributed by atoms with van der Waals surface area (Å²) in [5.41, 5.74) is 1.02. The van der Waals surface area contributed by atoms with E-state index in [9.17, 15) is 8.42 Å². The molecule has 0 heterocycles. The second kappa shape index (κ2) is 4.23. The van der Waals surface area contributed by atoms with Crippen LogP contribution in [0.25, 0.3) is 0 Å². The van der Waals surface area contributed by atoms with E-state index in [-0.39, 0.29) is 0 Å². The van der Waals surface area contributed by atoms with E-state index in [1.165, 1.54) is 6.26 Å². The van der Waals surface area contributed by atoms with Gasteiger partial charge in [-0.1, -0.05) is 19.9 Å². The van der Waals surface area contributed by atoms with Crippen molar-refractivity contribution in [2.24, 2.45) is 0 Å². The van der Waals surface area contributed by atoms with Gasteiger partial charge in [0.25, 0.3) is 0 Å². The minimum Gasteiger partial charge on any atom is -0.496 e. The van der Waals surface area contributed by atoms with E-state index in [4.69, 9.17) is 4.74 Å². The van der Waals surface area contributed by atoms with Crippen molar-refractivity contribution in [3.8, 4) is 5.75 Å². The van der Waals surface area contributed by atoms with Crippen molar-refractivity contribution in [1.29, 1.82) is 0 Å². The minimum atomic E-state index is -3.16. The second-order valence-electron chi connectivity index (χ2n) is 3.83. The first-order valence-electron chi connectivity index (χ1n) is 4.74. The van der Waals surface area contributed by atoms with Crippen LogP contribution in [0.1, 0.15) is 25.3 Å². The maximum Gasteiger partial charge on any atom is 0.175 e. The lowest BCUT2D eigenvalue weighted by Gasteiger charge is -2.12. The highest BCUT2D eigenvalue weighted by molar-refractivity contribution is 7.90. The van der Waals surface area contributed by atoms with Crippen LogP contribution in [0, 0.1) is 0 Å². The van der Waals surface area contributed by atoms with Gasteiger partial charge >= 0.3 is 0 Å². The summed E-state index contributed by atoms with van der Waals surface area (Å²) in [4.78, 5) is 0.295. The summed E-state index contributed by atoms with van der Waals surface area (Å²) in [6, 6.07) is 5.00. The molecule has 0 aliphatic heterocycles. The number of sulfone groups is 1. The predicted octanol–water partition coefficient (Wildman–Crippen LogP) is 2.22. The Kier molecular flexibility index (Phi) is 3.39. The number of hydrogen-bond acceptors (Lipinski definition) is 3. The third-order valence-electron chi connectivity index (χ3n) is 2.26. The van der Waals surface area contributed by atoms with Gasteiger partial charge in [-0.05, 0) is 23.6 Å². The Hall–Kier alpha value is -1.03. The first-order valence-corrected chi connectivity index (χ1v) is 6.63. The topological polar surface area (TPSA) is 43.4 Å². The van der Waals surface area contributed by atoms with E-state index < -0.39 is 9.84 Å². The second-order valence-corrected chi connectivity index (χ2v) is 5.85. The molecule has 0 radical (unpaired) electrons. The summed E-state index contributed by atoms with van der Waals surface area (Å²) in [6.45, 7) is 4.08. The summed E-state index contributed by atoms with van der Waals surface area (Å²) in [6.07, 6.45) is 1.19. The van der Waals surface area contributed by atoms with Crippen molar-refractivity contribution < 1.29 is 13.2 Å². The first-order chi connectivity index (χ1) is 6.86. The van der Waals surface area contributed by atoms with E-state index in [0.29, 0.717) is 16.6 Å². The highest BCUT2D eigenvalue weighted by Gasteiger charge is 2.12. The van der Waals surface area contributed by atoms with E-state index in [0.717, 1.165) is 5.56 Å². The number of rotatable bonds is 3. The van der Waals surface area contributed by atoms with Gasteiger partial charge in [-0.2, -0.15) is 0 Å². The van der Waals surface area contributed by atoms with Crippen molar-refractivity contribution in [3.05, 3.63) is 23.8 Å². The molecule has 0 aliphatic rings. The molecular formula is C11H16O3S. The van der Waals surface area contributed by atoms with Crippen LogP contribution in [0.4, 0.5) is 0 Å². The van der Waals surface area contributed by atoms with E-state index in [2.05, 4.69) is 0 Å². The zero-order chi connectivity index (χ0) is 11.6. The summed E-state index contributed by atoms with van der Waals surface area (Å²) in [5.74, 6) is 0.946. The maximum atomic E-state index is 11.3. The summed E-state index contributed by atoms with van der Waals surface area (Å²) in [5, 5.41) is 0. The van der Waals surface area contributed by atoms with Gasteiger partial charge in [0.15, 0.2) is 9.84 Å². The number of benzene rings is 1. The molecular weight excluding hydrogens is 212 g/mol. The molecule has 0 aliphatic carbocycles. The Morgan fingerprint density at radius 1 is 1.27 bits per heavy atom. The lowest BCUT2D eigenvalue weighted by Crippen LogP contribution is -2.00. The highest BCUT2D eigenvalue weighted by atomic mass is 32.2. The molecule has 0 spiro atoms. The largest absolute Gasteiger partial charge is 0.496 e. The van der Waals surface area contributed by atoms with Crippen molar-refractivity contribution in [3.63, 3.8) is 0 Å². The molecule has 0 atom stereocenters. The Labute approximate surface area is 91.0 Å². The van der Waals surface area contributed by atoms with E-state index >= 15 is 0 Å². The standard InChI is InChI=1S/C11H16O3S/c1-8(2)10-6-5-9(15(4,12)13)7-11(10)14-3/h5-8H,1-4H3. The van der Waals surface area contributed by atoms with Crippen molar-refractivity contribution in [1.82, 2.24) is 0 Å². The fourth-order valence-electron chi connectivity index (χ4n) is 1.40. The van der Waals surface area contributed by atoms with Crippen LogP contribution in [0.2, 0.25) is 0 Å². The molecule has 1 aromatic carbocycles. The highest BCUT2D eigenvalue weighted by Crippen LogP contribution is 2.28. The lowest BCUT2D eigenvalue weighted by atomic mass is 10.0. The molecule has 1 rings (SSSR count). The van der Waals surface area contributed by atoms with Crippen LogP contribution in [0.15, 0.2) is 23.1 Å².